The first kappa shape index (κ1) is 18.5. The number of hydrogen-bond donors (Lipinski definition) is 3. The normalized spacial score (nSPS) is 11.0. The molecule has 1 rings (SSSR count). The number of alkyl halides is 3. The second-order valence-corrected chi connectivity index (χ2v) is 4.73. The third-order valence-electron chi connectivity index (χ3n) is 2.70. The summed E-state index contributed by atoms with van der Waals surface area (Å²) in [5.74, 6) is -2.39. The molecule has 2 amide bonds. The second kappa shape index (κ2) is 7.61. The molecule has 0 bridgehead atoms. The lowest BCUT2D eigenvalue weighted by molar-refractivity contribution is -0.138. The zero-order valence-electron chi connectivity index (χ0n) is 12.2. The van der Waals surface area contributed by atoms with Crippen LogP contribution in [0.5, 0.6) is 0 Å². The van der Waals surface area contributed by atoms with Gasteiger partial charge in [-0.05, 0) is 24.6 Å². The standard InChI is InChI=1S/C14H15F3N2O4/c1-8(20)19-11-6-9(5-10(7-11)14(15,16)17)13(23)18-4-2-3-12(21)22/h5-7H,2-4H2,1H3,(H,18,23)(H,19,20)(H,21,22). The molecule has 126 valence electrons. The number of carboxylic acid groups (broad SMARTS) is 1. The Morgan fingerprint density at radius 3 is 2.35 bits per heavy atom. The van der Waals surface area contributed by atoms with Gasteiger partial charge in [0, 0.05) is 31.1 Å². The van der Waals surface area contributed by atoms with Crippen molar-refractivity contribution in [2.75, 3.05) is 11.9 Å². The average molecular weight is 332 g/mol. The van der Waals surface area contributed by atoms with Gasteiger partial charge in [0.1, 0.15) is 0 Å². The summed E-state index contributed by atoms with van der Waals surface area (Å²) in [4.78, 5) is 33.2. The molecule has 0 atom stereocenters. The molecular weight excluding hydrogens is 317 g/mol. The number of halogens is 3. The highest BCUT2D eigenvalue weighted by atomic mass is 19.4. The summed E-state index contributed by atoms with van der Waals surface area (Å²) in [5.41, 5.74) is -1.50. The number of benzene rings is 1. The van der Waals surface area contributed by atoms with Crippen LogP contribution in [0.4, 0.5) is 18.9 Å². The van der Waals surface area contributed by atoms with Gasteiger partial charge in [-0.15, -0.1) is 0 Å². The number of anilines is 1. The topological polar surface area (TPSA) is 95.5 Å². The maximum Gasteiger partial charge on any atom is 0.416 e. The van der Waals surface area contributed by atoms with Gasteiger partial charge in [-0.25, -0.2) is 0 Å². The molecular formula is C14H15F3N2O4. The Balaban J connectivity index is 2.93. The van der Waals surface area contributed by atoms with Crippen molar-refractivity contribution in [3.05, 3.63) is 29.3 Å². The van der Waals surface area contributed by atoms with E-state index >= 15 is 0 Å². The highest BCUT2D eigenvalue weighted by molar-refractivity contribution is 5.97. The van der Waals surface area contributed by atoms with Gasteiger partial charge in [0.05, 0.1) is 5.56 Å². The first-order valence-corrected chi connectivity index (χ1v) is 6.59. The third-order valence-corrected chi connectivity index (χ3v) is 2.70. The SMILES string of the molecule is CC(=O)Nc1cc(C(=O)NCCCC(=O)O)cc(C(F)(F)F)c1. The van der Waals surface area contributed by atoms with E-state index in [9.17, 15) is 27.6 Å². The molecule has 23 heavy (non-hydrogen) atoms. The number of hydrogen-bond acceptors (Lipinski definition) is 3. The number of aliphatic carboxylic acids is 1. The maximum atomic E-state index is 12.8. The van der Waals surface area contributed by atoms with Crippen LogP contribution in [0.2, 0.25) is 0 Å². The third kappa shape index (κ3) is 6.37. The van der Waals surface area contributed by atoms with Crippen LogP contribution in [0.1, 0.15) is 35.7 Å². The van der Waals surface area contributed by atoms with Crippen molar-refractivity contribution in [1.82, 2.24) is 5.32 Å². The Morgan fingerprint density at radius 2 is 1.83 bits per heavy atom. The average Bonchev–Trinajstić information content (AvgIpc) is 2.41. The van der Waals surface area contributed by atoms with Crippen LogP contribution in [0.3, 0.4) is 0 Å². The molecule has 0 heterocycles. The summed E-state index contributed by atoms with van der Waals surface area (Å²) in [6, 6.07) is 2.50. The molecule has 3 N–H and O–H groups in total. The molecule has 0 fully saturated rings. The van der Waals surface area contributed by atoms with Crippen LogP contribution in [0.15, 0.2) is 18.2 Å². The Hall–Kier alpha value is -2.58. The van der Waals surface area contributed by atoms with Gasteiger partial charge < -0.3 is 15.7 Å². The Bertz CT molecular complexity index is 615. The van der Waals surface area contributed by atoms with Crippen LogP contribution < -0.4 is 10.6 Å². The van der Waals surface area contributed by atoms with Crippen molar-refractivity contribution in [3.63, 3.8) is 0 Å². The minimum Gasteiger partial charge on any atom is -0.481 e. The summed E-state index contributed by atoms with van der Waals surface area (Å²) in [6.45, 7) is 1.14. The number of nitrogens with one attached hydrogen (secondary N) is 2. The molecule has 6 nitrogen and oxygen atoms in total. The van der Waals surface area contributed by atoms with E-state index in [0.717, 1.165) is 19.1 Å². The lowest BCUT2D eigenvalue weighted by Gasteiger charge is -2.12. The number of rotatable bonds is 6. The van der Waals surface area contributed by atoms with Crippen molar-refractivity contribution < 1.29 is 32.7 Å². The number of carboxylic acids is 1. The molecule has 0 radical (unpaired) electrons. The monoisotopic (exact) mass is 332 g/mol. The van der Waals surface area contributed by atoms with Crippen LogP contribution in [0, 0.1) is 0 Å². The van der Waals surface area contributed by atoms with Crippen molar-refractivity contribution in [3.8, 4) is 0 Å². The molecule has 0 saturated carbocycles. The van der Waals surface area contributed by atoms with Gasteiger partial charge in [-0.2, -0.15) is 13.2 Å². The molecule has 1 aromatic carbocycles. The highest BCUT2D eigenvalue weighted by Crippen LogP contribution is 2.32. The fourth-order valence-corrected chi connectivity index (χ4v) is 1.74. The van der Waals surface area contributed by atoms with Crippen molar-refractivity contribution in [1.29, 1.82) is 0 Å². The lowest BCUT2D eigenvalue weighted by atomic mass is 10.1. The molecule has 0 aliphatic heterocycles. The van der Waals surface area contributed by atoms with Crippen molar-refractivity contribution in [2.45, 2.75) is 25.9 Å². The van der Waals surface area contributed by atoms with E-state index in [1.54, 1.807) is 0 Å². The van der Waals surface area contributed by atoms with E-state index in [2.05, 4.69) is 10.6 Å². The number of carbonyl (C=O) groups excluding carboxylic acids is 2. The minimum atomic E-state index is -4.67. The zero-order chi connectivity index (χ0) is 17.6. The van der Waals surface area contributed by atoms with Crippen LogP contribution in [-0.2, 0) is 15.8 Å². The first-order chi connectivity index (χ1) is 10.6. The zero-order valence-corrected chi connectivity index (χ0v) is 12.2. The Labute approximate surface area is 129 Å². The molecule has 0 spiro atoms. The summed E-state index contributed by atoms with van der Waals surface area (Å²) < 4.78 is 38.5. The van der Waals surface area contributed by atoms with Gasteiger partial charge in [0.15, 0.2) is 0 Å². The van der Waals surface area contributed by atoms with Crippen molar-refractivity contribution >= 4 is 23.5 Å². The smallest absolute Gasteiger partial charge is 0.416 e. The molecule has 0 aliphatic rings. The highest BCUT2D eigenvalue weighted by Gasteiger charge is 2.32. The largest absolute Gasteiger partial charge is 0.481 e. The van der Waals surface area contributed by atoms with E-state index in [4.69, 9.17) is 5.11 Å². The second-order valence-electron chi connectivity index (χ2n) is 4.73. The van der Waals surface area contributed by atoms with Gasteiger partial charge in [-0.3, -0.25) is 14.4 Å². The van der Waals surface area contributed by atoms with Gasteiger partial charge in [-0.1, -0.05) is 0 Å². The fraction of sp³-hybridized carbons (Fsp3) is 0.357. The Morgan fingerprint density at radius 1 is 1.17 bits per heavy atom. The summed E-state index contributed by atoms with van der Waals surface area (Å²) in [5, 5.41) is 13.0. The lowest BCUT2D eigenvalue weighted by Crippen LogP contribution is -2.25. The fourth-order valence-electron chi connectivity index (χ4n) is 1.74. The van der Waals surface area contributed by atoms with Crippen LogP contribution >= 0.6 is 0 Å². The minimum absolute atomic E-state index is 0.0108. The van der Waals surface area contributed by atoms with Gasteiger partial charge >= 0.3 is 12.1 Å². The molecule has 0 saturated heterocycles. The summed E-state index contributed by atoms with van der Waals surface area (Å²) in [6.07, 6.45) is -4.69. The van der Waals surface area contributed by atoms with E-state index in [1.165, 1.54) is 0 Å². The van der Waals surface area contributed by atoms with E-state index in [1.807, 2.05) is 0 Å². The van der Waals surface area contributed by atoms with E-state index in [-0.39, 0.29) is 30.6 Å². The molecule has 0 aromatic heterocycles. The van der Waals surface area contributed by atoms with Gasteiger partial charge in [0.2, 0.25) is 5.91 Å². The molecule has 0 aliphatic carbocycles. The van der Waals surface area contributed by atoms with Crippen LogP contribution in [-0.4, -0.2) is 29.4 Å². The number of carbonyl (C=O) groups is 3. The predicted molar refractivity (Wildman–Crippen MR) is 75.0 cm³/mol. The van der Waals surface area contributed by atoms with E-state index in [0.29, 0.717) is 6.07 Å². The van der Waals surface area contributed by atoms with Crippen molar-refractivity contribution in [2.24, 2.45) is 0 Å². The molecule has 0 unspecified atom stereocenters. The molecule has 1 aromatic rings. The quantitative estimate of drug-likeness (QED) is 0.696. The number of amides is 2. The van der Waals surface area contributed by atoms with Crippen LogP contribution in [0.25, 0.3) is 0 Å². The van der Waals surface area contributed by atoms with Gasteiger partial charge in [0.25, 0.3) is 5.91 Å². The summed E-state index contributed by atoms with van der Waals surface area (Å²) >= 11 is 0. The maximum absolute atomic E-state index is 12.8. The Kier molecular flexibility index (Phi) is 6.11. The van der Waals surface area contributed by atoms with E-state index < -0.39 is 29.5 Å². The molecule has 9 heteroatoms. The summed E-state index contributed by atoms with van der Waals surface area (Å²) in [7, 11) is 0. The first-order valence-electron chi connectivity index (χ1n) is 6.59. The predicted octanol–water partition coefficient (Wildman–Crippen LogP) is 2.26.